The topological polar surface area (TPSA) is 63.0 Å². The molecule has 1 atom stereocenters. The van der Waals surface area contributed by atoms with Gasteiger partial charge in [0.05, 0.1) is 28.3 Å². The Morgan fingerprint density at radius 2 is 1.84 bits per heavy atom. The first-order valence-corrected chi connectivity index (χ1v) is 12.0. The molecule has 2 aromatic heterocycles. The van der Waals surface area contributed by atoms with E-state index in [4.69, 9.17) is 16.6 Å². The van der Waals surface area contributed by atoms with E-state index in [0.29, 0.717) is 11.2 Å². The number of anilines is 2. The van der Waals surface area contributed by atoms with Gasteiger partial charge in [0, 0.05) is 31.6 Å². The van der Waals surface area contributed by atoms with Crippen molar-refractivity contribution in [1.29, 1.82) is 0 Å². The number of benzene rings is 1. The van der Waals surface area contributed by atoms with Gasteiger partial charge in [-0.05, 0) is 35.6 Å². The van der Waals surface area contributed by atoms with Crippen molar-refractivity contribution in [3.05, 3.63) is 35.5 Å². The number of tetrazole rings is 1. The minimum atomic E-state index is 0.111. The van der Waals surface area contributed by atoms with Crippen molar-refractivity contribution >= 4 is 33.8 Å². The summed E-state index contributed by atoms with van der Waals surface area (Å²) >= 11 is 8.10. The maximum Gasteiger partial charge on any atom is 0.216 e. The minimum Gasteiger partial charge on any atom is -0.370 e. The van der Waals surface area contributed by atoms with Gasteiger partial charge in [0.1, 0.15) is 0 Å². The summed E-state index contributed by atoms with van der Waals surface area (Å²) in [6.07, 6.45) is 4.26. The summed E-state index contributed by atoms with van der Waals surface area (Å²) in [6, 6.07) is 8.16. The first kappa shape index (κ1) is 20.7. The monoisotopic (exact) mass is 457 g/mol. The Labute approximate surface area is 192 Å². The Hall–Kier alpha value is -2.19. The van der Waals surface area contributed by atoms with Gasteiger partial charge in [-0.1, -0.05) is 55.8 Å². The second-order valence-corrected chi connectivity index (χ2v) is 11.4. The summed E-state index contributed by atoms with van der Waals surface area (Å²) in [5, 5.41) is 14.9. The molecule has 2 fully saturated rings. The second-order valence-electron chi connectivity index (χ2n) is 10.0. The van der Waals surface area contributed by atoms with Gasteiger partial charge in [0.15, 0.2) is 5.13 Å². The highest BCUT2D eigenvalue weighted by molar-refractivity contribution is 7.18. The van der Waals surface area contributed by atoms with Crippen LogP contribution in [0.4, 0.5) is 10.8 Å². The second kappa shape index (κ2) is 7.74. The van der Waals surface area contributed by atoms with Crippen molar-refractivity contribution in [3.8, 4) is 10.7 Å². The van der Waals surface area contributed by atoms with Gasteiger partial charge in [-0.25, -0.2) is 4.98 Å². The predicted octanol–water partition coefficient (Wildman–Crippen LogP) is 4.60. The van der Waals surface area contributed by atoms with Crippen LogP contribution in [0.5, 0.6) is 0 Å². The molecule has 31 heavy (non-hydrogen) atoms. The minimum absolute atomic E-state index is 0.111. The number of hydrogen-bond acceptors (Lipinski definition) is 7. The number of halogens is 1. The lowest BCUT2D eigenvalue weighted by Crippen LogP contribution is -2.30. The molecule has 2 aliphatic heterocycles. The highest BCUT2D eigenvalue weighted by Crippen LogP contribution is 2.44. The largest absolute Gasteiger partial charge is 0.370 e. The van der Waals surface area contributed by atoms with E-state index in [1.807, 2.05) is 18.3 Å². The maximum atomic E-state index is 6.44. The van der Waals surface area contributed by atoms with Gasteiger partial charge >= 0.3 is 0 Å². The summed E-state index contributed by atoms with van der Waals surface area (Å²) in [5.74, 6) is 0.660. The molecule has 7 nitrogen and oxygen atoms in total. The standard InChI is InChI=1S/C22H28ClN7S/c1-21(2,3)13-30-26-19(25-27-30)18-12-24-20(31-18)29-11-9-22(15-29)8-10-28(14-22)17-7-5-4-6-16(17)23/h4-7,12H,8-11,13-15H2,1-3H3. The van der Waals surface area contributed by atoms with E-state index in [-0.39, 0.29) is 5.41 Å². The highest BCUT2D eigenvalue weighted by Gasteiger charge is 2.44. The number of hydrogen-bond donors (Lipinski definition) is 0. The molecule has 0 amide bonds. The van der Waals surface area contributed by atoms with Crippen LogP contribution in [0.15, 0.2) is 30.5 Å². The molecule has 0 N–H and O–H groups in total. The van der Waals surface area contributed by atoms with E-state index in [1.54, 1.807) is 16.1 Å². The number of thiazole rings is 1. The molecule has 0 aliphatic carbocycles. The molecular formula is C22H28ClN7S. The quantitative estimate of drug-likeness (QED) is 0.570. The Morgan fingerprint density at radius 1 is 1.10 bits per heavy atom. The van der Waals surface area contributed by atoms with Crippen LogP contribution >= 0.6 is 22.9 Å². The zero-order valence-electron chi connectivity index (χ0n) is 18.3. The first-order chi connectivity index (χ1) is 14.8. The lowest BCUT2D eigenvalue weighted by atomic mass is 9.86. The summed E-state index contributed by atoms with van der Waals surface area (Å²) < 4.78 is 0. The zero-order valence-corrected chi connectivity index (χ0v) is 19.8. The third-order valence-corrected chi connectivity index (χ3v) is 7.50. The average Bonchev–Trinajstić information content (AvgIpc) is 3.49. The van der Waals surface area contributed by atoms with Crippen LogP contribution in [0.2, 0.25) is 5.02 Å². The molecule has 5 rings (SSSR count). The lowest BCUT2D eigenvalue weighted by molar-refractivity contribution is 0.300. The van der Waals surface area contributed by atoms with Gasteiger partial charge in [0.25, 0.3) is 0 Å². The first-order valence-electron chi connectivity index (χ1n) is 10.8. The molecule has 1 unspecified atom stereocenters. The van der Waals surface area contributed by atoms with Crippen LogP contribution < -0.4 is 9.80 Å². The summed E-state index contributed by atoms with van der Waals surface area (Å²) in [5.41, 5.74) is 1.57. The molecule has 0 saturated carbocycles. The molecule has 0 radical (unpaired) electrons. The number of para-hydroxylation sites is 1. The fourth-order valence-corrected chi connectivity index (χ4v) is 5.75. The molecular weight excluding hydrogens is 430 g/mol. The van der Waals surface area contributed by atoms with Gasteiger partial charge in [-0.2, -0.15) is 4.80 Å². The van der Waals surface area contributed by atoms with Crippen molar-refractivity contribution < 1.29 is 0 Å². The van der Waals surface area contributed by atoms with Crippen molar-refractivity contribution in [2.45, 2.75) is 40.2 Å². The van der Waals surface area contributed by atoms with Crippen LogP contribution in [-0.4, -0.2) is 51.4 Å². The van der Waals surface area contributed by atoms with Crippen LogP contribution in [0.1, 0.15) is 33.6 Å². The van der Waals surface area contributed by atoms with E-state index in [2.05, 4.69) is 58.1 Å². The SMILES string of the molecule is CC(C)(C)Cn1nnc(-c2cnc(N3CCC4(CCN(c5ccccc5Cl)C4)C3)s2)n1. The summed E-state index contributed by atoms with van der Waals surface area (Å²) in [7, 11) is 0. The lowest BCUT2D eigenvalue weighted by Gasteiger charge is -2.26. The summed E-state index contributed by atoms with van der Waals surface area (Å²) in [4.78, 5) is 12.2. The van der Waals surface area contributed by atoms with Crippen molar-refractivity contribution in [1.82, 2.24) is 25.2 Å². The fourth-order valence-electron chi connectivity index (χ4n) is 4.63. The van der Waals surface area contributed by atoms with Crippen molar-refractivity contribution in [2.75, 3.05) is 36.0 Å². The fraction of sp³-hybridized carbons (Fsp3) is 0.545. The molecule has 2 saturated heterocycles. The number of nitrogens with zero attached hydrogens (tertiary/aromatic N) is 7. The van der Waals surface area contributed by atoms with E-state index in [9.17, 15) is 0 Å². The Morgan fingerprint density at radius 3 is 2.61 bits per heavy atom. The summed E-state index contributed by atoms with van der Waals surface area (Å²) in [6.45, 7) is 11.4. The van der Waals surface area contributed by atoms with E-state index < -0.39 is 0 Å². The highest BCUT2D eigenvalue weighted by atomic mass is 35.5. The third-order valence-electron chi connectivity index (χ3n) is 6.12. The van der Waals surface area contributed by atoms with Gasteiger partial charge in [0.2, 0.25) is 5.82 Å². The normalized spacial score (nSPS) is 21.5. The van der Waals surface area contributed by atoms with E-state index >= 15 is 0 Å². The zero-order chi connectivity index (χ0) is 21.6. The molecule has 1 aromatic carbocycles. The third kappa shape index (κ3) is 4.28. The molecule has 1 spiro atoms. The number of aromatic nitrogens is 5. The molecule has 0 bridgehead atoms. The molecule has 164 valence electrons. The molecule has 4 heterocycles. The van der Waals surface area contributed by atoms with Gasteiger partial charge in [-0.3, -0.25) is 0 Å². The van der Waals surface area contributed by atoms with E-state index in [1.165, 1.54) is 12.8 Å². The Balaban J connectivity index is 1.26. The van der Waals surface area contributed by atoms with Crippen molar-refractivity contribution in [3.63, 3.8) is 0 Å². The van der Waals surface area contributed by atoms with Gasteiger partial charge < -0.3 is 9.80 Å². The molecule has 2 aliphatic rings. The Bertz CT molecular complexity index is 1070. The number of rotatable bonds is 4. The molecule has 3 aromatic rings. The maximum absolute atomic E-state index is 6.44. The van der Waals surface area contributed by atoms with E-state index in [0.717, 1.165) is 53.4 Å². The Kier molecular flexibility index (Phi) is 5.17. The van der Waals surface area contributed by atoms with Crippen LogP contribution in [0, 0.1) is 10.8 Å². The van der Waals surface area contributed by atoms with Crippen LogP contribution in [0.25, 0.3) is 10.7 Å². The predicted molar refractivity (Wildman–Crippen MR) is 126 cm³/mol. The van der Waals surface area contributed by atoms with Crippen LogP contribution in [-0.2, 0) is 6.54 Å². The van der Waals surface area contributed by atoms with Crippen LogP contribution in [0.3, 0.4) is 0 Å². The van der Waals surface area contributed by atoms with Gasteiger partial charge in [-0.15, -0.1) is 10.2 Å². The van der Waals surface area contributed by atoms with Crippen molar-refractivity contribution in [2.24, 2.45) is 10.8 Å². The molecule has 9 heteroatoms. The smallest absolute Gasteiger partial charge is 0.216 e. The average molecular weight is 458 g/mol.